The molecule has 0 radical (unpaired) electrons. The lowest BCUT2D eigenvalue weighted by Crippen LogP contribution is -2.19. The summed E-state index contributed by atoms with van der Waals surface area (Å²) in [5, 5.41) is 5.51. The number of ether oxygens (including phenoxy) is 2. The average molecular weight is 482 g/mol. The summed E-state index contributed by atoms with van der Waals surface area (Å²) in [6.07, 6.45) is 2.94. The van der Waals surface area contributed by atoms with Crippen LogP contribution in [-0.4, -0.2) is 19.0 Å². The first-order valence-corrected chi connectivity index (χ1v) is 10.9. The number of amides is 1. The van der Waals surface area contributed by atoms with Crippen molar-refractivity contribution in [1.82, 2.24) is 0 Å². The Morgan fingerprint density at radius 1 is 0.861 bits per heavy atom. The van der Waals surface area contributed by atoms with E-state index >= 15 is 0 Å². The maximum absolute atomic E-state index is 12.5. The molecule has 1 aromatic heterocycles. The fourth-order valence-electron chi connectivity index (χ4n) is 3.21. The van der Waals surface area contributed by atoms with Crippen LogP contribution in [0.25, 0.3) is 6.08 Å². The molecule has 2 N–H and O–H groups in total. The van der Waals surface area contributed by atoms with Crippen molar-refractivity contribution in [3.63, 3.8) is 0 Å². The summed E-state index contributed by atoms with van der Waals surface area (Å²) in [7, 11) is 1.21. The number of anilines is 2. The van der Waals surface area contributed by atoms with Gasteiger partial charge in [-0.2, -0.15) is 0 Å². The molecular formula is C28H22N2O6. The molecule has 8 heteroatoms. The Hall–Kier alpha value is -5.11. The highest BCUT2D eigenvalue weighted by molar-refractivity contribution is 6.04. The van der Waals surface area contributed by atoms with Crippen LogP contribution < -0.4 is 21.0 Å². The van der Waals surface area contributed by atoms with Crippen molar-refractivity contribution in [3.05, 3.63) is 125 Å². The van der Waals surface area contributed by atoms with E-state index in [1.54, 1.807) is 42.5 Å². The molecule has 0 atom stereocenters. The van der Waals surface area contributed by atoms with Crippen LogP contribution in [0.4, 0.5) is 11.4 Å². The summed E-state index contributed by atoms with van der Waals surface area (Å²) in [4.78, 5) is 37.2. The zero-order valence-electron chi connectivity index (χ0n) is 19.3. The quantitative estimate of drug-likeness (QED) is 0.317. The summed E-state index contributed by atoms with van der Waals surface area (Å²) >= 11 is 0. The van der Waals surface area contributed by atoms with Crippen LogP contribution in [0.15, 0.2) is 106 Å². The van der Waals surface area contributed by atoms with E-state index in [4.69, 9.17) is 13.9 Å². The lowest BCUT2D eigenvalue weighted by atomic mass is 10.2. The molecule has 8 nitrogen and oxygen atoms in total. The number of hydrogen-bond acceptors (Lipinski definition) is 7. The van der Waals surface area contributed by atoms with Crippen molar-refractivity contribution < 1.29 is 23.5 Å². The minimum atomic E-state index is -0.811. The number of nitrogens with one attached hydrogen (secondary N) is 2. The molecule has 0 aliphatic carbocycles. The summed E-state index contributed by atoms with van der Waals surface area (Å²) in [5.74, 6) is 0.134. The molecule has 3 aromatic carbocycles. The van der Waals surface area contributed by atoms with Gasteiger partial charge in [-0.25, -0.2) is 9.59 Å². The standard InChI is InChI=1S/C28H22N2O6/c1-34-27(32)23-18-24(30-26(31)19-8-4-2-5-9-19)28(33)36-25(23)16-17-29-20-12-14-22(15-13-20)35-21-10-6-3-7-11-21/h2-18,29H,1H3,(H,30,31)/b17-16+. The van der Waals surface area contributed by atoms with Crippen LogP contribution in [0.3, 0.4) is 0 Å². The molecule has 4 rings (SSSR count). The Morgan fingerprint density at radius 2 is 1.50 bits per heavy atom. The highest BCUT2D eigenvalue weighted by atomic mass is 16.5. The van der Waals surface area contributed by atoms with Crippen molar-refractivity contribution in [1.29, 1.82) is 0 Å². The first-order valence-electron chi connectivity index (χ1n) is 10.9. The maximum Gasteiger partial charge on any atom is 0.360 e. The van der Waals surface area contributed by atoms with Crippen LogP contribution >= 0.6 is 0 Å². The molecule has 4 aromatic rings. The summed E-state index contributed by atoms with van der Waals surface area (Å²) < 4.78 is 15.9. The lowest BCUT2D eigenvalue weighted by molar-refractivity contribution is 0.0597. The fourth-order valence-corrected chi connectivity index (χ4v) is 3.21. The number of methoxy groups -OCH3 is 1. The smallest absolute Gasteiger partial charge is 0.360 e. The molecular weight excluding hydrogens is 460 g/mol. The normalized spacial score (nSPS) is 10.6. The molecule has 0 saturated carbocycles. The van der Waals surface area contributed by atoms with E-state index in [2.05, 4.69) is 10.6 Å². The number of benzene rings is 3. The van der Waals surface area contributed by atoms with Gasteiger partial charge in [-0.05, 0) is 60.7 Å². The number of carbonyl (C=O) groups excluding carboxylic acids is 2. The Bertz CT molecular complexity index is 1430. The van der Waals surface area contributed by atoms with E-state index in [-0.39, 0.29) is 17.0 Å². The van der Waals surface area contributed by atoms with Gasteiger partial charge in [-0.1, -0.05) is 36.4 Å². The monoisotopic (exact) mass is 482 g/mol. The lowest BCUT2D eigenvalue weighted by Gasteiger charge is -2.08. The third-order valence-electron chi connectivity index (χ3n) is 4.98. The minimum absolute atomic E-state index is 0.0230. The predicted molar refractivity (Wildman–Crippen MR) is 136 cm³/mol. The Kier molecular flexibility index (Phi) is 7.57. The minimum Gasteiger partial charge on any atom is -0.465 e. The Labute approximate surface area is 206 Å². The van der Waals surface area contributed by atoms with E-state index in [0.29, 0.717) is 11.3 Å². The SMILES string of the molecule is COC(=O)c1cc(NC(=O)c2ccccc2)c(=O)oc1/C=C/Nc1ccc(Oc2ccccc2)cc1. The number of carbonyl (C=O) groups is 2. The van der Waals surface area contributed by atoms with E-state index in [9.17, 15) is 14.4 Å². The molecule has 0 aliphatic rings. The van der Waals surface area contributed by atoms with Crippen LogP contribution in [-0.2, 0) is 4.74 Å². The highest BCUT2D eigenvalue weighted by Gasteiger charge is 2.18. The van der Waals surface area contributed by atoms with E-state index in [0.717, 1.165) is 11.4 Å². The van der Waals surface area contributed by atoms with Crippen molar-refractivity contribution in [3.8, 4) is 11.5 Å². The summed E-state index contributed by atoms with van der Waals surface area (Å²) in [5.41, 5.74) is 0.0766. The fraction of sp³-hybridized carbons (Fsp3) is 0.0357. The number of rotatable bonds is 8. The highest BCUT2D eigenvalue weighted by Crippen LogP contribution is 2.23. The van der Waals surface area contributed by atoms with Gasteiger partial charge in [-0.3, -0.25) is 4.79 Å². The van der Waals surface area contributed by atoms with Crippen molar-refractivity contribution in [2.75, 3.05) is 17.7 Å². The molecule has 0 saturated heterocycles. The van der Waals surface area contributed by atoms with Crippen molar-refractivity contribution >= 4 is 29.3 Å². The second-order valence-electron chi connectivity index (χ2n) is 7.45. The topological polar surface area (TPSA) is 107 Å². The zero-order chi connectivity index (χ0) is 25.3. The second-order valence-corrected chi connectivity index (χ2v) is 7.45. The molecule has 180 valence electrons. The number of para-hydroxylation sites is 1. The molecule has 1 amide bonds. The van der Waals surface area contributed by atoms with Crippen LogP contribution in [0.2, 0.25) is 0 Å². The van der Waals surface area contributed by atoms with Crippen molar-refractivity contribution in [2.45, 2.75) is 0 Å². The van der Waals surface area contributed by atoms with Gasteiger partial charge in [-0.15, -0.1) is 0 Å². The Morgan fingerprint density at radius 3 is 2.17 bits per heavy atom. The van der Waals surface area contributed by atoms with Gasteiger partial charge < -0.3 is 24.5 Å². The van der Waals surface area contributed by atoms with Gasteiger partial charge in [0.25, 0.3) is 5.91 Å². The van der Waals surface area contributed by atoms with Crippen LogP contribution in [0, 0.1) is 0 Å². The summed E-state index contributed by atoms with van der Waals surface area (Å²) in [6.45, 7) is 0. The van der Waals surface area contributed by atoms with Gasteiger partial charge in [0.1, 0.15) is 28.5 Å². The Balaban J connectivity index is 1.48. The maximum atomic E-state index is 12.5. The van der Waals surface area contributed by atoms with Gasteiger partial charge in [0.15, 0.2) is 0 Å². The molecule has 0 spiro atoms. The third kappa shape index (κ3) is 6.06. The predicted octanol–water partition coefficient (Wildman–Crippen LogP) is 5.55. The van der Waals surface area contributed by atoms with Gasteiger partial charge in [0.2, 0.25) is 0 Å². The van der Waals surface area contributed by atoms with Crippen molar-refractivity contribution in [2.24, 2.45) is 0 Å². The first kappa shape index (κ1) is 24.0. The number of esters is 1. The molecule has 0 aliphatic heterocycles. The zero-order valence-corrected chi connectivity index (χ0v) is 19.3. The average Bonchev–Trinajstić information content (AvgIpc) is 2.91. The van der Waals surface area contributed by atoms with E-state index in [1.165, 1.54) is 25.5 Å². The second kappa shape index (κ2) is 11.3. The molecule has 0 unspecified atom stereocenters. The largest absolute Gasteiger partial charge is 0.465 e. The summed E-state index contributed by atoms with van der Waals surface area (Å²) in [6, 6.07) is 26.2. The number of hydrogen-bond donors (Lipinski definition) is 2. The van der Waals surface area contributed by atoms with E-state index < -0.39 is 17.5 Å². The first-order chi connectivity index (χ1) is 17.5. The van der Waals surface area contributed by atoms with E-state index in [1.807, 2.05) is 42.5 Å². The molecule has 1 heterocycles. The molecule has 0 bridgehead atoms. The van der Waals surface area contributed by atoms with Crippen LogP contribution in [0.1, 0.15) is 26.5 Å². The molecule has 36 heavy (non-hydrogen) atoms. The van der Waals surface area contributed by atoms with Gasteiger partial charge in [0.05, 0.1) is 7.11 Å². The van der Waals surface area contributed by atoms with Crippen LogP contribution in [0.5, 0.6) is 11.5 Å². The van der Waals surface area contributed by atoms with Gasteiger partial charge in [0, 0.05) is 17.5 Å². The molecule has 0 fully saturated rings. The third-order valence-corrected chi connectivity index (χ3v) is 4.98. The van der Waals surface area contributed by atoms with Gasteiger partial charge >= 0.3 is 11.6 Å².